The smallest absolute Gasteiger partial charge is 0.142 e. The molecular weight excluding hydrogens is 236 g/mol. The highest BCUT2D eigenvalue weighted by molar-refractivity contribution is 5.71. The van der Waals surface area contributed by atoms with Crippen LogP contribution in [0.15, 0.2) is 48.5 Å². The largest absolute Gasteiger partial charge is 0.495 e. The molecule has 2 aromatic carbocycles. The van der Waals surface area contributed by atoms with Gasteiger partial charge in [0.25, 0.3) is 0 Å². The maximum atomic E-state index is 6.04. The molecule has 3 nitrogen and oxygen atoms in total. The Hall–Kier alpha value is -2.00. The molecule has 2 aromatic rings. The Kier molecular flexibility index (Phi) is 4.07. The molecule has 19 heavy (non-hydrogen) atoms. The number of rotatable bonds is 4. The Morgan fingerprint density at radius 2 is 1.58 bits per heavy atom. The third kappa shape index (κ3) is 2.71. The van der Waals surface area contributed by atoms with Gasteiger partial charge in [0.15, 0.2) is 0 Å². The number of benzene rings is 2. The van der Waals surface area contributed by atoms with Crippen LogP contribution in [0.2, 0.25) is 0 Å². The average Bonchev–Trinajstić information content (AvgIpc) is 2.46. The predicted molar refractivity (Wildman–Crippen MR) is 80.1 cm³/mol. The van der Waals surface area contributed by atoms with Crippen molar-refractivity contribution >= 4 is 11.4 Å². The number of para-hydroxylation sites is 3. The Morgan fingerprint density at radius 3 is 2.21 bits per heavy atom. The molecule has 0 heterocycles. The van der Waals surface area contributed by atoms with Gasteiger partial charge in [0.1, 0.15) is 5.75 Å². The summed E-state index contributed by atoms with van der Waals surface area (Å²) in [5.41, 5.74) is 9.29. The lowest BCUT2D eigenvalue weighted by atomic mass is 10.1. The molecular formula is C16H20N2O. The average molecular weight is 256 g/mol. The lowest BCUT2D eigenvalue weighted by molar-refractivity contribution is 0.415. The second-order valence-electron chi connectivity index (χ2n) is 4.58. The van der Waals surface area contributed by atoms with Gasteiger partial charge in [-0.15, -0.1) is 0 Å². The van der Waals surface area contributed by atoms with E-state index in [1.165, 1.54) is 0 Å². The molecule has 0 aliphatic rings. The Balaban J connectivity index is 2.47. The molecule has 0 aliphatic heterocycles. The Morgan fingerprint density at radius 1 is 1.00 bits per heavy atom. The van der Waals surface area contributed by atoms with Gasteiger partial charge in [-0.1, -0.05) is 30.3 Å². The van der Waals surface area contributed by atoms with Crippen LogP contribution in [-0.4, -0.2) is 14.2 Å². The second-order valence-corrected chi connectivity index (χ2v) is 4.58. The van der Waals surface area contributed by atoms with Crippen molar-refractivity contribution in [1.82, 2.24) is 0 Å². The minimum atomic E-state index is -0.00615. The fraction of sp³-hybridized carbons (Fsp3) is 0.250. The highest BCUT2D eigenvalue weighted by Gasteiger charge is 2.14. The van der Waals surface area contributed by atoms with Crippen LogP contribution in [-0.2, 0) is 0 Å². The molecule has 0 aromatic heterocycles. The number of nitrogens with two attached hydrogens (primary N) is 1. The maximum Gasteiger partial charge on any atom is 0.142 e. The van der Waals surface area contributed by atoms with Gasteiger partial charge in [-0.2, -0.15) is 0 Å². The summed E-state index contributed by atoms with van der Waals surface area (Å²) in [6.45, 7) is 1.99. The first-order valence-corrected chi connectivity index (χ1v) is 6.36. The summed E-state index contributed by atoms with van der Waals surface area (Å²) in [5.74, 6) is 0.851. The van der Waals surface area contributed by atoms with E-state index in [9.17, 15) is 0 Å². The molecule has 1 atom stereocenters. The van der Waals surface area contributed by atoms with Crippen LogP contribution in [0, 0.1) is 0 Å². The van der Waals surface area contributed by atoms with Crippen LogP contribution in [0.1, 0.15) is 18.5 Å². The maximum absolute atomic E-state index is 6.04. The van der Waals surface area contributed by atoms with Gasteiger partial charge in [0, 0.05) is 18.8 Å². The molecule has 2 N–H and O–H groups in total. The lowest BCUT2D eigenvalue weighted by Crippen LogP contribution is -2.16. The minimum absolute atomic E-state index is 0.00615. The van der Waals surface area contributed by atoms with Crippen LogP contribution in [0.25, 0.3) is 0 Å². The van der Waals surface area contributed by atoms with Gasteiger partial charge in [-0.3, -0.25) is 0 Å². The van der Waals surface area contributed by atoms with Crippen molar-refractivity contribution in [2.24, 2.45) is 5.73 Å². The van der Waals surface area contributed by atoms with Crippen molar-refractivity contribution in [2.45, 2.75) is 13.0 Å². The monoisotopic (exact) mass is 256 g/mol. The van der Waals surface area contributed by atoms with Gasteiger partial charge >= 0.3 is 0 Å². The zero-order valence-corrected chi connectivity index (χ0v) is 11.6. The van der Waals surface area contributed by atoms with Crippen LogP contribution in [0.3, 0.4) is 0 Å². The fourth-order valence-electron chi connectivity index (χ4n) is 2.21. The summed E-state index contributed by atoms with van der Waals surface area (Å²) in [7, 11) is 3.71. The van der Waals surface area contributed by atoms with Crippen LogP contribution in [0.5, 0.6) is 5.75 Å². The van der Waals surface area contributed by atoms with E-state index in [2.05, 4.69) is 17.0 Å². The minimum Gasteiger partial charge on any atom is -0.495 e. The molecule has 2 rings (SSSR count). The molecule has 0 unspecified atom stereocenters. The molecule has 100 valence electrons. The van der Waals surface area contributed by atoms with E-state index in [0.29, 0.717) is 0 Å². The topological polar surface area (TPSA) is 38.5 Å². The molecule has 3 heteroatoms. The van der Waals surface area contributed by atoms with E-state index in [0.717, 1.165) is 22.7 Å². The molecule has 0 fully saturated rings. The van der Waals surface area contributed by atoms with Crippen molar-refractivity contribution in [3.8, 4) is 5.75 Å². The Bertz CT molecular complexity index is 552. The first-order valence-electron chi connectivity index (χ1n) is 6.36. The summed E-state index contributed by atoms with van der Waals surface area (Å²) in [6, 6.07) is 16.1. The molecule has 0 spiro atoms. The van der Waals surface area contributed by atoms with Gasteiger partial charge < -0.3 is 15.4 Å². The van der Waals surface area contributed by atoms with Crippen LogP contribution >= 0.6 is 0 Å². The quantitative estimate of drug-likeness (QED) is 0.910. The summed E-state index contributed by atoms with van der Waals surface area (Å²) in [5, 5.41) is 0. The van der Waals surface area contributed by atoms with Crippen molar-refractivity contribution in [1.29, 1.82) is 0 Å². The number of methoxy groups -OCH3 is 1. The fourth-order valence-corrected chi connectivity index (χ4v) is 2.21. The van der Waals surface area contributed by atoms with Gasteiger partial charge in [0.2, 0.25) is 0 Å². The van der Waals surface area contributed by atoms with Gasteiger partial charge in [0.05, 0.1) is 12.8 Å². The summed E-state index contributed by atoms with van der Waals surface area (Å²) in [4.78, 5) is 2.11. The highest BCUT2D eigenvalue weighted by atomic mass is 16.5. The number of nitrogens with zero attached hydrogens (tertiary/aromatic N) is 1. The number of hydrogen-bond acceptors (Lipinski definition) is 3. The van der Waals surface area contributed by atoms with E-state index in [1.54, 1.807) is 7.11 Å². The molecule has 0 saturated carbocycles. The van der Waals surface area contributed by atoms with Gasteiger partial charge in [-0.05, 0) is 30.7 Å². The molecule has 0 amide bonds. The standard InChI is InChI=1S/C16H20N2O/c1-12(17)13-8-4-5-9-14(13)18(2)15-10-6-7-11-16(15)19-3/h4-12H,17H2,1-3H3/t12-/m0/s1. The third-order valence-electron chi connectivity index (χ3n) is 3.24. The first kappa shape index (κ1) is 13.4. The predicted octanol–water partition coefficient (Wildman–Crippen LogP) is 3.48. The van der Waals surface area contributed by atoms with Crippen molar-refractivity contribution in [3.05, 3.63) is 54.1 Å². The molecule has 0 aliphatic carbocycles. The zero-order chi connectivity index (χ0) is 13.8. The van der Waals surface area contributed by atoms with Crippen molar-refractivity contribution in [2.75, 3.05) is 19.1 Å². The lowest BCUT2D eigenvalue weighted by Gasteiger charge is -2.25. The number of ether oxygens (including phenoxy) is 1. The third-order valence-corrected chi connectivity index (χ3v) is 3.24. The normalized spacial score (nSPS) is 12.0. The molecule has 0 bridgehead atoms. The van der Waals surface area contributed by atoms with E-state index in [-0.39, 0.29) is 6.04 Å². The SMILES string of the molecule is COc1ccccc1N(C)c1ccccc1[C@H](C)N. The van der Waals surface area contributed by atoms with E-state index < -0.39 is 0 Å². The second kappa shape index (κ2) is 5.76. The zero-order valence-electron chi connectivity index (χ0n) is 11.6. The number of hydrogen-bond donors (Lipinski definition) is 1. The molecule has 0 radical (unpaired) electrons. The van der Waals surface area contributed by atoms with Crippen LogP contribution in [0.4, 0.5) is 11.4 Å². The van der Waals surface area contributed by atoms with E-state index in [1.807, 2.05) is 50.4 Å². The summed E-state index contributed by atoms with van der Waals surface area (Å²) in [6.07, 6.45) is 0. The summed E-state index contributed by atoms with van der Waals surface area (Å²) >= 11 is 0. The summed E-state index contributed by atoms with van der Waals surface area (Å²) < 4.78 is 5.42. The van der Waals surface area contributed by atoms with Crippen LogP contribution < -0.4 is 15.4 Å². The van der Waals surface area contributed by atoms with Crippen molar-refractivity contribution in [3.63, 3.8) is 0 Å². The Labute approximate surface area is 114 Å². The van der Waals surface area contributed by atoms with E-state index >= 15 is 0 Å². The van der Waals surface area contributed by atoms with Gasteiger partial charge in [-0.25, -0.2) is 0 Å². The van der Waals surface area contributed by atoms with Crippen molar-refractivity contribution < 1.29 is 4.74 Å². The van der Waals surface area contributed by atoms with E-state index in [4.69, 9.17) is 10.5 Å². The molecule has 0 saturated heterocycles. The first-order chi connectivity index (χ1) is 9.15. The highest BCUT2D eigenvalue weighted by Crippen LogP contribution is 2.35. The number of anilines is 2.